The Balaban J connectivity index is 1.88. The number of aromatic nitrogens is 2. The molecule has 1 saturated heterocycles. The highest BCUT2D eigenvalue weighted by Gasteiger charge is 2.36. The molecule has 11 nitrogen and oxygen atoms in total. The number of carbonyl (C=O) groups is 2. The van der Waals surface area contributed by atoms with Crippen molar-refractivity contribution in [3.8, 4) is 23.6 Å². The molecule has 1 aromatic heterocycles. The SMILES string of the molecule is C#Cc1nc(-c2ccc(S(=O)(=O)C3CCCN(COC(C)(C)C)C3)cc2)cnc1N(C(=O)OC(C)(C)C)C(=O)OC(C)(C)C. The van der Waals surface area contributed by atoms with Crippen LogP contribution in [0.3, 0.4) is 0 Å². The molecule has 44 heavy (non-hydrogen) atoms. The van der Waals surface area contributed by atoms with Crippen molar-refractivity contribution in [3.05, 3.63) is 36.2 Å². The number of ether oxygens (including phenoxy) is 3. The Labute approximate surface area is 261 Å². The van der Waals surface area contributed by atoms with Gasteiger partial charge in [-0.1, -0.05) is 12.1 Å². The van der Waals surface area contributed by atoms with Crippen LogP contribution in [0.25, 0.3) is 11.3 Å². The molecule has 1 fully saturated rings. The average molecular weight is 629 g/mol. The van der Waals surface area contributed by atoms with Crippen LogP contribution in [0.5, 0.6) is 0 Å². The minimum absolute atomic E-state index is 0.101. The van der Waals surface area contributed by atoms with E-state index in [1.54, 1.807) is 53.7 Å². The van der Waals surface area contributed by atoms with Crippen molar-refractivity contribution in [3.63, 3.8) is 0 Å². The maximum absolute atomic E-state index is 13.5. The van der Waals surface area contributed by atoms with Crippen LogP contribution in [0.2, 0.25) is 0 Å². The van der Waals surface area contributed by atoms with Crippen LogP contribution in [-0.2, 0) is 24.0 Å². The summed E-state index contributed by atoms with van der Waals surface area (Å²) in [5.74, 6) is 2.16. The molecule has 0 radical (unpaired) electrons. The Hall–Kier alpha value is -3.53. The quantitative estimate of drug-likeness (QED) is 0.361. The fourth-order valence-electron chi connectivity index (χ4n) is 4.32. The van der Waals surface area contributed by atoms with Crippen LogP contribution < -0.4 is 4.90 Å². The monoisotopic (exact) mass is 628 g/mol. The molecule has 0 bridgehead atoms. The van der Waals surface area contributed by atoms with Gasteiger partial charge in [-0.3, -0.25) is 4.90 Å². The smallest absolute Gasteiger partial charge is 0.425 e. The summed E-state index contributed by atoms with van der Waals surface area (Å²) in [5.41, 5.74) is -1.38. The molecule has 1 unspecified atom stereocenters. The highest BCUT2D eigenvalue weighted by Crippen LogP contribution is 2.28. The third-order valence-electron chi connectivity index (χ3n) is 6.31. The van der Waals surface area contributed by atoms with E-state index < -0.39 is 38.5 Å². The summed E-state index contributed by atoms with van der Waals surface area (Å²) in [6, 6.07) is 6.32. The molecule has 0 saturated carbocycles. The van der Waals surface area contributed by atoms with Gasteiger partial charge in [-0.25, -0.2) is 28.0 Å². The Morgan fingerprint density at radius 3 is 2.05 bits per heavy atom. The second-order valence-electron chi connectivity index (χ2n) is 13.7. The van der Waals surface area contributed by atoms with E-state index >= 15 is 0 Å². The first-order valence-corrected chi connectivity index (χ1v) is 16.1. The second kappa shape index (κ2) is 13.2. The number of carbonyl (C=O) groups excluding carboxylic acids is 2. The van der Waals surface area contributed by atoms with Gasteiger partial charge in [0.2, 0.25) is 0 Å². The topological polar surface area (TPSA) is 128 Å². The summed E-state index contributed by atoms with van der Waals surface area (Å²) in [4.78, 5) is 37.7. The molecule has 240 valence electrons. The van der Waals surface area contributed by atoms with Gasteiger partial charge < -0.3 is 14.2 Å². The highest BCUT2D eigenvalue weighted by atomic mass is 32.2. The normalized spacial score (nSPS) is 16.6. The number of nitrogens with zero attached hydrogens (tertiary/aromatic N) is 4. The number of hydrogen-bond acceptors (Lipinski definition) is 10. The van der Waals surface area contributed by atoms with Crippen molar-refractivity contribution >= 4 is 27.8 Å². The minimum Gasteiger partial charge on any atom is -0.443 e. The lowest BCUT2D eigenvalue weighted by Gasteiger charge is -2.34. The van der Waals surface area contributed by atoms with E-state index in [-0.39, 0.29) is 22.0 Å². The first kappa shape index (κ1) is 35.0. The molecule has 0 aliphatic carbocycles. The molecule has 1 atom stereocenters. The summed E-state index contributed by atoms with van der Waals surface area (Å²) in [5, 5.41) is -0.551. The predicted molar refractivity (Wildman–Crippen MR) is 168 cm³/mol. The number of terminal acetylenes is 1. The molecule has 1 aromatic carbocycles. The van der Waals surface area contributed by atoms with E-state index in [2.05, 4.69) is 15.9 Å². The van der Waals surface area contributed by atoms with Gasteiger partial charge in [0.25, 0.3) is 0 Å². The van der Waals surface area contributed by atoms with Crippen molar-refractivity contribution in [1.82, 2.24) is 14.9 Å². The van der Waals surface area contributed by atoms with Crippen LogP contribution in [0, 0.1) is 12.3 Å². The molecule has 2 heterocycles. The lowest BCUT2D eigenvalue weighted by molar-refractivity contribution is -0.0673. The summed E-state index contributed by atoms with van der Waals surface area (Å²) < 4.78 is 43.7. The van der Waals surface area contributed by atoms with Crippen LogP contribution in [0.1, 0.15) is 80.8 Å². The lowest BCUT2D eigenvalue weighted by atomic mass is 10.1. The highest BCUT2D eigenvalue weighted by molar-refractivity contribution is 7.92. The van der Waals surface area contributed by atoms with E-state index in [1.807, 2.05) is 25.7 Å². The number of amides is 2. The van der Waals surface area contributed by atoms with Crippen LogP contribution >= 0.6 is 0 Å². The molecule has 12 heteroatoms. The summed E-state index contributed by atoms with van der Waals surface area (Å²) >= 11 is 0. The largest absolute Gasteiger partial charge is 0.443 e. The first-order valence-electron chi connectivity index (χ1n) is 14.5. The minimum atomic E-state index is -3.60. The van der Waals surface area contributed by atoms with Crippen molar-refractivity contribution < 1.29 is 32.2 Å². The number of hydrogen-bond donors (Lipinski definition) is 0. The van der Waals surface area contributed by atoms with E-state index in [9.17, 15) is 18.0 Å². The summed E-state index contributed by atoms with van der Waals surface area (Å²) in [7, 11) is -3.60. The number of sulfone groups is 1. The summed E-state index contributed by atoms with van der Waals surface area (Å²) in [6.07, 6.45) is 6.36. The zero-order valence-electron chi connectivity index (χ0n) is 27.1. The molecule has 1 aliphatic rings. The molecule has 2 aromatic rings. The molecular formula is C32H44N4O7S. The van der Waals surface area contributed by atoms with Gasteiger partial charge in [-0.2, -0.15) is 4.90 Å². The fourth-order valence-corrected chi connectivity index (χ4v) is 6.11. The number of likely N-dealkylation sites (tertiary alicyclic amines) is 1. The van der Waals surface area contributed by atoms with E-state index in [0.717, 1.165) is 13.0 Å². The second-order valence-corrected chi connectivity index (χ2v) is 15.9. The number of benzene rings is 1. The number of imide groups is 1. The van der Waals surface area contributed by atoms with Crippen molar-refractivity contribution in [2.24, 2.45) is 0 Å². The van der Waals surface area contributed by atoms with E-state index in [1.165, 1.54) is 18.3 Å². The van der Waals surface area contributed by atoms with Crippen molar-refractivity contribution in [1.29, 1.82) is 0 Å². The van der Waals surface area contributed by atoms with Crippen LogP contribution in [0.4, 0.5) is 15.4 Å². The standard InChI is InChI=1S/C32H44N4O7S/c1-11-25-27(36(28(37)42-31(5,6)7)29(38)43-32(8,9)10)33-19-26(34-25)22-14-16-23(17-15-22)44(39,40)24-13-12-18-35(20-24)21-41-30(2,3)4/h1,14-17,19,24H,12-13,18,20-21H2,2-10H3. The Kier molecular flexibility index (Phi) is 10.5. The molecule has 1 aliphatic heterocycles. The van der Waals surface area contributed by atoms with Gasteiger partial charge in [0.15, 0.2) is 21.3 Å². The first-order chi connectivity index (χ1) is 20.2. The van der Waals surface area contributed by atoms with Gasteiger partial charge in [0.05, 0.1) is 34.4 Å². The fraction of sp³-hybridized carbons (Fsp3) is 0.562. The molecule has 0 N–H and O–H groups in total. The number of piperidine rings is 1. The molecule has 0 spiro atoms. The van der Waals surface area contributed by atoms with E-state index in [4.69, 9.17) is 20.6 Å². The summed E-state index contributed by atoms with van der Waals surface area (Å²) in [6.45, 7) is 17.4. The third-order valence-corrected chi connectivity index (χ3v) is 8.51. The van der Waals surface area contributed by atoms with Crippen molar-refractivity contribution in [2.75, 3.05) is 24.7 Å². The van der Waals surface area contributed by atoms with Crippen LogP contribution in [-0.4, -0.2) is 77.3 Å². The third kappa shape index (κ3) is 9.48. The Morgan fingerprint density at radius 1 is 0.977 bits per heavy atom. The van der Waals surface area contributed by atoms with Crippen LogP contribution in [0.15, 0.2) is 35.4 Å². The maximum atomic E-state index is 13.5. The number of anilines is 1. The van der Waals surface area contributed by atoms with Gasteiger partial charge in [-0.15, -0.1) is 6.42 Å². The van der Waals surface area contributed by atoms with E-state index in [0.29, 0.717) is 35.9 Å². The Morgan fingerprint density at radius 2 is 1.55 bits per heavy atom. The van der Waals surface area contributed by atoms with Crippen molar-refractivity contribution in [2.45, 2.75) is 102 Å². The maximum Gasteiger partial charge on any atom is 0.425 e. The molecule has 3 rings (SSSR count). The Bertz CT molecular complexity index is 1470. The molecule has 2 amide bonds. The van der Waals surface area contributed by atoms with Gasteiger partial charge in [0.1, 0.15) is 11.2 Å². The predicted octanol–water partition coefficient (Wildman–Crippen LogP) is 5.81. The van der Waals surface area contributed by atoms with Gasteiger partial charge in [-0.05, 0) is 93.2 Å². The van der Waals surface area contributed by atoms with Gasteiger partial charge in [0, 0.05) is 18.7 Å². The zero-order valence-corrected chi connectivity index (χ0v) is 27.9. The molecular weight excluding hydrogens is 584 g/mol. The average Bonchev–Trinajstić information content (AvgIpc) is 2.90. The number of rotatable bonds is 6. The lowest BCUT2D eigenvalue weighted by Crippen LogP contribution is -2.44. The van der Waals surface area contributed by atoms with Gasteiger partial charge >= 0.3 is 12.2 Å². The zero-order chi connectivity index (χ0) is 33.1.